The Kier molecular flexibility index (Phi) is 6.66. The third-order valence-electron chi connectivity index (χ3n) is 5.45. The first-order chi connectivity index (χ1) is 13.7. The molecule has 0 aromatic heterocycles. The molecule has 1 heterocycles. The number of hydrogen-bond acceptors (Lipinski definition) is 3. The van der Waals surface area contributed by atoms with Crippen LogP contribution in [0.5, 0.6) is 0 Å². The van der Waals surface area contributed by atoms with Crippen molar-refractivity contribution < 1.29 is 13.2 Å². The fourth-order valence-corrected chi connectivity index (χ4v) is 5.62. The smallest absolute Gasteiger partial charge is 0.243 e. The van der Waals surface area contributed by atoms with Gasteiger partial charge < -0.3 is 5.32 Å². The van der Waals surface area contributed by atoms with Gasteiger partial charge in [-0.25, -0.2) is 8.42 Å². The maximum atomic E-state index is 13.2. The summed E-state index contributed by atoms with van der Waals surface area (Å²) >= 11 is 5.92. The molecule has 0 bridgehead atoms. The minimum Gasteiger partial charge on any atom is -0.349 e. The molecule has 29 heavy (non-hydrogen) atoms. The van der Waals surface area contributed by atoms with Crippen LogP contribution < -0.4 is 5.32 Å². The number of nitrogens with one attached hydrogen (secondary N) is 1. The molecule has 0 saturated carbocycles. The van der Waals surface area contributed by atoms with E-state index in [-0.39, 0.29) is 24.4 Å². The van der Waals surface area contributed by atoms with Crippen LogP contribution in [0.2, 0.25) is 5.02 Å². The van der Waals surface area contributed by atoms with Crippen molar-refractivity contribution in [2.75, 3.05) is 13.1 Å². The molecule has 1 N–H and O–H groups in total. The highest BCUT2D eigenvalue weighted by molar-refractivity contribution is 7.89. The zero-order valence-electron chi connectivity index (χ0n) is 17.0. The quantitative estimate of drug-likeness (QED) is 0.765. The van der Waals surface area contributed by atoms with Crippen molar-refractivity contribution in [1.29, 1.82) is 0 Å². The van der Waals surface area contributed by atoms with E-state index in [4.69, 9.17) is 11.6 Å². The summed E-state index contributed by atoms with van der Waals surface area (Å²) in [6.07, 6.45) is 1.34. The molecule has 7 heteroatoms. The van der Waals surface area contributed by atoms with Crippen LogP contribution in [0.3, 0.4) is 0 Å². The van der Waals surface area contributed by atoms with Gasteiger partial charge in [0.15, 0.2) is 0 Å². The van der Waals surface area contributed by atoms with Crippen molar-refractivity contribution in [3.8, 4) is 0 Å². The molecular weight excluding hydrogens is 408 g/mol. The maximum Gasteiger partial charge on any atom is 0.243 e. The third kappa shape index (κ3) is 5.00. The molecule has 0 aliphatic carbocycles. The zero-order chi connectivity index (χ0) is 21.2. The molecule has 2 aromatic carbocycles. The summed E-state index contributed by atoms with van der Waals surface area (Å²) in [4.78, 5) is 13.1. The van der Waals surface area contributed by atoms with E-state index < -0.39 is 10.0 Å². The average molecular weight is 435 g/mol. The second-order valence-electron chi connectivity index (χ2n) is 7.75. The lowest BCUT2D eigenvalue weighted by atomic mass is 9.98. The predicted molar refractivity (Wildman–Crippen MR) is 115 cm³/mol. The topological polar surface area (TPSA) is 66.5 Å². The number of halogens is 1. The van der Waals surface area contributed by atoms with E-state index in [0.717, 1.165) is 16.7 Å². The van der Waals surface area contributed by atoms with Gasteiger partial charge >= 0.3 is 0 Å². The molecule has 1 aliphatic heterocycles. The third-order valence-corrected chi connectivity index (χ3v) is 7.70. The van der Waals surface area contributed by atoms with E-state index in [9.17, 15) is 13.2 Å². The number of carbonyl (C=O) groups is 1. The Labute approximate surface area is 178 Å². The van der Waals surface area contributed by atoms with E-state index in [1.165, 1.54) is 4.31 Å². The lowest BCUT2D eigenvalue weighted by Gasteiger charge is -2.32. The average Bonchev–Trinajstić information content (AvgIpc) is 2.70. The summed E-state index contributed by atoms with van der Waals surface area (Å²) in [5, 5.41) is 3.66. The highest BCUT2D eigenvalue weighted by Crippen LogP contribution is 2.27. The highest BCUT2D eigenvalue weighted by Gasteiger charge is 2.34. The van der Waals surface area contributed by atoms with Gasteiger partial charge in [0.05, 0.1) is 16.9 Å². The van der Waals surface area contributed by atoms with E-state index in [0.29, 0.717) is 29.3 Å². The van der Waals surface area contributed by atoms with Crippen LogP contribution in [0.25, 0.3) is 0 Å². The molecule has 3 rings (SSSR count). The lowest BCUT2D eigenvalue weighted by molar-refractivity contribution is -0.126. The lowest BCUT2D eigenvalue weighted by Crippen LogP contribution is -2.45. The van der Waals surface area contributed by atoms with Gasteiger partial charge in [-0.15, -0.1) is 0 Å². The molecule has 0 radical (unpaired) electrons. The van der Waals surface area contributed by atoms with Crippen LogP contribution in [0.4, 0.5) is 0 Å². The summed E-state index contributed by atoms with van der Waals surface area (Å²) < 4.78 is 27.8. The Hall–Kier alpha value is -1.89. The Morgan fingerprint density at radius 3 is 2.55 bits per heavy atom. The molecule has 1 aliphatic rings. The minimum absolute atomic E-state index is 0.117. The number of sulfonamides is 1. The summed E-state index contributed by atoms with van der Waals surface area (Å²) in [5.41, 5.74) is 2.58. The number of nitrogens with zero attached hydrogens (tertiary/aromatic N) is 1. The molecule has 2 unspecified atom stereocenters. The van der Waals surface area contributed by atoms with Crippen molar-refractivity contribution in [1.82, 2.24) is 9.62 Å². The van der Waals surface area contributed by atoms with Crippen LogP contribution in [0, 0.1) is 19.8 Å². The summed E-state index contributed by atoms with van der Waals surface area (Å²) in [7, 11) is -3.63. The number of benzene rings is 2. The van der Waals surface area contributed by atoms with Gasteiger partial charge in [0.25, 0.3) is 0 Å². The maximum absolute atomic E-state index is 13.2. The molecular formula is C22H27ClN2O3S. The summed E-state index contributed by atoms with van der Waals surface area (Å²) in [5.74, 6) is -0.480. The Balaban J connectivity index is 1.72. The van der Waals surface area contributed by atoms with Crippen LogP contribution >= 0.6 is 11.6 Å². The van der Waals surface area contributed by atoms with Gasteiger partial charge in [-0.05, 0) is 68.5 Å². The SMILES string of the molecule is Cc1ccc(C)c(S(=O)(=O)N2CCCC(C(=O)NC(C)c3ccc(Cl)cc3)C2)c1. The highest BCUT2D eigenvalue weighted by atomic mass is 35.5. The standard InChI is InChI=1S/C22H27ClN2O3S/c1-15-6-7-16(2)21(13-15)29(27,28)25-12-4-5-19(14-25)22(26)24-17(3)18-8-10-20(23)11-9-18/h6-11,13,17,19H,4-5,12,14H2,1-3H3,(H,24,26). The zero-order valence-corrected chi connectivity index (χ0v) is 18.6. The number of amides is 1. The van der Waals surface area contributed by atoms with Gasteiger partial charge in [-0.3, -0.25) is 4.79 Å². The van der Waals surface area contributed by atoms with Gasteiger partial charge in [-0.2, -0.15) is 4.31 Å². The molecule has 1 amide bonds. The van der Waals surface area contributed by atoms with Gasteiger partial charge in [0.1, 0.15) is 0 Å². The summed E-state index contributed by atoms with van der Waals surface area (Å²) in [6, 6.07) is 12.6. The molecule has 1 saturated heterocycles. The van der Waals surface area contributed by atoms with Gasteiger partial charge in [0, 0.05) is 18.1 Å². The molecule has 156 valence electrons. The van der Waals surface area contributed by atoms with Crippen LogP contribution in [-0.2, 0) is 14.8 Å². The van der Waals surface area contributed by atoms with Gasteiger partial charge in [-0.1, -0.05) is 35.9 Å². The monoisotopic (exact) mass is 434 g/mol. The molecule has 0 spiro atoms. The first-order valence-corrected chi connectivity index (χ1v) is 11.6. The van der Waals surface area contributed by atoms with Crippen molar-refractivity contribution in [2.45, 2.75) is 44.6 Å². The van der Waals surface area contributed by atoms with Crippen molar-refractivity contribution >= 4 is 27.5 Å². The van der Waals surface area contributed by atoms with E-state index in [1.54, 1.807) is 25.1 Å². The number of aryl methyl sites for hydroxylation is 2. The van der Waals surface area contributed by atoms with E-state index >= 15 is 0 Å². The van der Waals surface area contributed by atoms with Crippen LogP contribution in [0.1, 0.15) is 42.5 Å². The van der Waals surface area contributed by atoms with E-state index in [2.05, 4.69) is 5.32 Å². The van der Waals surface area contributed by atoms with Crippen LogP contribution in [-0.4, -0.2) is 31.7 Å². The predicted octanol–water partition coefficient (Wildman–Crippen LogP) is 4.23. The van der Waals surface area contributed by atoms with E-state index in [1.807, 2.05) is 38.1 Å². The minimum atomic E-state index is -3.63. The number of hydrogen-bond donors (Lipinski definition) is 1. The molecule has 5 nitrogen and oxygen atoms in total. The fourth-order valence-electron chi connectivity index (χ4n) is 3.67. The van der Waals surface area contributed by atoms with Crippen molar-refractivity contribution in [2.24, 2.45) is 5.92 Å². The van der Waals surface area contributed by atoms with Crippen molar-refractivity contribution in [3.05, 3.63) is 64.2 Å². The van der Waals surface area contributed by atoms with Gasteiger partial charge in [0.2, 0.25) is 15.9 Å². The first kappa shape index (κ1) is 21.8. The molecule has 2 aromatic rings. The van der Waals surface area contributed by atoms with Crippen molar-refractivity contribution in [3.63, 3.8) is 0 Å². The second kappa shape index (κ2) is 8.86. The first-order valence-electron chi connectivity index (χ1n) is 9.81. The second-order valence-corrected chi connectivity index (χ2v) is 10.1. The summed E-state index contributed by atoms with van der Waals surface area (Å²) in [6.45, 7) is 6.23. The van der Waals surface area contributed by atoms with Crippen LogP contribution in [0.15, 0.2) is 47.4 Å². The number of rotatable bonds is 5. The largest absolute Gasteiger partial charge is 0.349 e. The molecule has 2 atom stereocenters. The Morgan fingerprint density at radius 1 is 1.17 bits per heavy atom. The fraction of sp³-hybridized carbons (Fsp3) is 0.409. The molecule has 1 fully saturated rings. The Morgan fingerprint density at radius 2 is 1.86 bits per heavy atom. The number of carbonyl (C=O) groups excluding carboxylic acids is 1. The Bertz CT molecular complexity index is 990. The normalized spacial score (nSPS) is 19.0. The number of piperidine rings is 1.